The van der Waals surface area contributed by atoms with Gasteiger partial charge in [0.1, 0.15) is 5.82 Å². The zero-order valence-electron chi connectivity index (χ0n) is 8.38. The van der Waals surface area contributed by atoms with Gasteiger partial charge in [-0.1, -0.05) is 6.92 Å². The van der Waals surface area contributed by atoms with E-state index in [1.807, 2.05) is 6.92 Å². The van der Waals surface area contributed by atoms with E-state index < -0.39 is 6.04 Å². The van der Waals surface area contributed by atoms with E-state index in [4.69, 9.17) is 5.73 Å². The van der Waals surface area contributed by atoms with Crippen LogP contribution in [0.2, 0.25) is 0 Å². The summed E-state index contributed by atoms with van der Waals surface area (Å²) < 4.78 is 13.0. The number of carbonyl (C=O) groups excluding carboxylic acids is 1. The van der Waals surface area contributed by atoms with Crippen LogP contribution in [0.4, 0.5) is 4.39 Å². The lowest BCUT2D eigenvalue weighted by molar-refractivity contribution is 0.0967. The highest BCUT2D eigenvalue weighted by atomic mass is 19.1. The third kappa shape index (κ3) is 2.39. The van der Waals surface area contributed by atoms with Crippen LogP contribution < -0.4 is 5.73 Å². The lowest BCUT2D eigenvalue weighted by atomic mass is 10.0. The Morgan fingerprint density at radius 3 is 2.64 bits per heavy atom. The lowest BCUT2D eigenvalue weighted by Gasteiger charge is -2.06. The fourth-order valence-electron chi connectivity index (χ4n) is 1.26. The smallest absolute Gasteiger partial charge is 0.179 e. The van der Waals surface area contributed by atoms with E-state index in [9.17, 15) is 9.18 Å². The van der Waals surface area contributed by atoms with Crippen molar-refractivity contribution in [3.63, 3.8) is 0 Å². The predicted octanol–water partition coefficient (Wildman–Crippen LogP) is 1.92. The molecule has 2 N–H and O–H groups in total. The minimum Gasteiger partial charge on any atom is -0.321 e. The van der Waals surface area contributed by atoms with Crippen LogP contribution in [-0.4, -0.2) is 11.8 Å². The molecule has 1 aromatic rings. The van der Waals surface area contributed by atoms with Gasteiger partial charge in [-0.05, 0) is 37.1 Å². The van der Waals surface area contributed by atoms with E-state index in [1.165, 1.54) is 12.1 Å². The van der Waals surface area contributed by atoms with Gasteiger partial charge >= 0.3 is 0 Å². The summed E-state index contributed by atoms with van der Waals surface area (Å²) in [6, 6.07) is 3.76. The van der Waals surface area contributed by atoms with Crippen molar-refractivity contribution in [1.82, 2.24) is 0 Å². The molecule has 0 aliphatic heterocycles. The van der Waals surface area contributed by atoms with Crippen LogP contribution in [0.3, 0.4) is 0 Å². The second-order valence-electron chi connectivity index (χ2n) is 3.35. The van der Waals surface area contributed by atoms with Gasteiger partial charge in [0.25, 0.3) is 0 Å². The van der Waals surface area contributed by atoms with Gasteiger partial charge in [0, 0.05) is 5.56 Å². The van der Waals surface area contributed by atoms with E-state index in [2.05, 4.69) is 0 Å². The van der Waals surface area contributed by atoms with E-state index in [0.29, 0.717) is 12.0 Å². The molecule has 0 saturated heterocycles. The summed E-state index contributed by atoms with van der Waals surface area (Å²) in [5.41, 5.74) is 6.61. The predicted molar refractivity (Wildman–Crippen MR) is 53.8 cm³/mol. The molecule has 0 aliphatic carbocycles. The number of benzene rings is 1. The Labute approximate surface area is 82.9 Å². The van der Waals surface area contributed by atoms with Crippen molar-refractivity contribution in [1.29, 1.82) is 0 Å². The first kappa shape index (κ1) is 10.9. The number of ketones is 1. The molecule has 3 heteroatoms. The second kappa shape index (κ2) is 4.33. The van der Waals surface area contributed by atoms with Crippen LogP contribution in [-0.2, 0) is 6.42 Å². The van der Waals surface area contributed by atoms with Crippen molar-refractivity contribution in [2.45, 2.75) is 26.3 Å². The first-order chi connectivity index (χ1) is 6.54. The average Bonchev–Trinajstić information content (AvgIpc) is 2.15. The Bertz CT molecular complexity index is 347. The van der Waals surface area contributed by atoms with Gasteiger partial charge in [0.05, 0.1) is 6.04 Å². The van der Waals surface area contributed by atoms with Crippen LogP contribution in [0.5, 0.6) is 0 Å². The third-order valence-corrected chi connectivity index (χ3v) is 2.06. The van der Waals surface area contributed by atoms with Gasteiger partial charge in [-0.3, -0.25) is 4.79 Å². The minimum atomic E-state index is -0.582. The Hall–Kier alpha value is -1.22. The van der Waals surface area contributed by atoms with Crippen LogP contribution in [0.25, 0.3) is 0 Å². The molecule has 1 aromatic carbocycles. The molecule has 0 saturated carbocycles. The highest BCUT2D eigenvalue weighted by Crippen LogP contribution is 2.11. The maximum absolute atomic E-state index is 13.0. The van der Waals surface area contributed by atoms with Gasteiger partial charge in [-0.25, -0.2) is 4.39 Å². The fourth-order valence-corrected chi connectivity index (χ4v) is 1.26. The maximum Gasteiger partial charge on any atom is 0.179 e. The number of aryl methyl sites for hydroxylation is 1. The quantitative estimate of drug-likeness (QED) is 0.749. The molecule has 2 nitrogen and oxygen atoms in total. The maximum atomic E-state index is 13.0. The van der Waals surface area contributed by atoms with Gasteiger partial charge < -0.3 is 5.73 Å². The number of rotatable bonds is 3. The molecule has 1 unspecified atom stereocenters. The van der Waals surface area contributed by atoms with Crippen LogP contribution in [0.15, 0.2) is 18.2 Å². The van der Waals surface area contributed by atoms with Crippen LogP contribution in [0.1, 0.15) is 29.8 Å². The van der Waals surface area contributed by atoms with Gasteiger partial charge in [0.2, 0.25) is 0 Å². The van der Waals surface area contributed by atoms with Gasteiger partial charge in [0.15, 0.2) is 5.78 Å². The van der Waals surface area contributed by atoms with Crippen molar-refractivity contribution in [2.75, 3.05) is 0 Å². The summed E-state index contributed by atoms with van der Waals surface area (Å²) in [5, 5.41) is 0. The molecule has 0 bridgehead atoms. The van der Waals surface area contributed by atoms with E-state index in [0.717, 1.165) is 5.56 Å². The Kier molecular flexibility index (Phi) is 3.36. The van der Waals surface area contributed by atoms with E-state index >= 15 is 0 Å². The van der Waals surface area contributed by atoms with E-state index in [1.54, 1.807) is 13.0 Å². The molecule has 0 heterocycles. The molecule has 0 amide bonds. The molecule has 1 atom stereocenters. The summed E-state index contributed by atoms with van der Waals surface area (Å²) in [7, 11) is 0. The molecule has 0 fully saturated rings. The topological polar surface area (TPSA) is 43.1 Å². The average molecular weight is 195 g/mol. The minimum absolute atomic E-state index is 0.223. The number of nitrogens with two attached hydrogens (primary N) is 1. The highest BCUT2D eigenvalue weighted by Gasteiger charge is 2.12. The largest absolute Gasteiger partial charge is 0.321 e. The number of hydrogen-bond acceptors (Lipinski definition) is 2. The van der Waals surface area contributed by atoms with Crippen molar-refractivity contribution in [3.8, 4) is 0 Å². The first-order valence-corrected chi connectivity index (χ1v) is 4.64. The molecule has 76 valence electrons. The number of carbonyl (C=O) groups is 1. The summed E-state index contributed by atoms with van der Waals surface area (Å²) in [5.74, 6) is -0.604. The Balaban J connectivity index is 3.09. The first-order valence-electron chi connectivity index (χ1n) is 4.64. The van der Waals surface area contributed by atoms with Crippen LogP contribution >= 0.6 is 0 Å². The normalized spacial score (nSPS) is 12.6. The molecular formula is C11H14FNO. The molecule has 0 spiro atoms. The number of hydrogen-bond donors (Lipinski definition) is 1. The van der Waals surface area contributed by atoms with Crippen molar-refractivity contribution < 1.29 is 9.18 Å². The Morgan fingerprint density at radius 2 is 2.14 bits per heavy atom. The number of halogens is 1. The van der Waals surface area contributed by atoms with Gasteiger partial charge in [-0.2, -0.15) is 0 Å². The molecule has 0 radical (unpaired) electrons. The zero-order chi connectivity index (χ0) is 10.7. The van der Waals surface area contributed by atoms with Crippen molar-refractivity contribution in [3.05, 3.63) is 35.1 Å². The summed E-state index contributed by atoms with van der Waals surface area (Å²) in [6.45, 7) is 3.51. The highest BCUT2D eigenvalue weighted by molar-refractivity contribution is 5.99. The summed E-state index contributed by atoms with van der Waals surface area (Å²) in [4.78, 5) is 11.5. The molecule has 0 aliphatic rings. The lowest BCUT2D eigenvalue weighted by Crippen LogP contribution is -2.26. The summed E-state index contributed by atoms with van der Waals surface area (Å²) in [6.07, 6.45) is 0.705. The standard InChI is InChI=1S/C11H14FNO/c1-3-8-4-9(6-10(12)5-8)11(14)7(2)13/h4-7H,3,13H2,1-2H3. The second-order valence-corrected chi connectivity index (χ2v) is 3.35. The van der Waals surface area contributed by atoms with Gasteiger partial charge in [-0.15, -0.1) is 0 Å². The molecule has 14 heavy (non-hydrogen) atoms. The number of Topliss-reactive ketones (excluding diaryl/α,β-unsaturated/α-hetero) is 1. The molecular weight excluding hydrogens is 181 g/mol. The third-order valence-electron chi connectivity index (χ3n) is 2.06. The Morgan fingerprint density at radius 1 is 1.50 bits per heavy atom. The molecule has 0 aromatic heterocycles. The zero-order valence-corrected chi connectivity index (χ0v) is 8.38. The van der Waals surface area contributed by atoms with E-state index in [-0.39, 0.29) is 11.6 Å². The van der Waals surface area contributed by atoms with Crippen LogP contribution in [0, 0.1) is 5.82 Å². The van der Waals surface area contributed by atoms with Crippen molar-refractivity contribution >= 4 is 5.78 Å². The SMILES string of the molecule is CCc1cc(F)cc(C(=O)C(C)N)c1. The molecule has 1 rings (SSSR count). The summed E-state index contributed by atoms with van der Waals surface area (Å²) >= 11 is 0. The van der Waals surface area contributed by atoms with Crippen molar-refractivity contribution in [2.24, 2.45) is 5.73 Å². The monoisotopic (exact) mass is 195 g/mol. The fraction of sp³-hybridized carbons (Fsp3) is 0.364.